The van der Waals surface area contributed by atoms with Gasteiger partial charge in [0.05, 0.1) is 18.9 Å². The van der Waals surface area contributed by atoms with Crippen molar-refractivity contribution >= 4 is 12.1 Å². The Balaban J connectivity index is 2.06. The van der Waals surface area contributed by atoms with E-state index in [1.165, 1.54) is 0 Å². The van der Waals surface area contributed by atoms with Crippen molar-refractivity contribution in [3.05, 3.63) is 53.0 Å². The largest absolute Gasteiger partial charge is 0.496 e. The third kappa shape index (κ3) is 3.06. The Morgan fingerprint density at radius 3 is 2.75 bits per heavy atom. The van der Waals surface area contributed by atoms with Gasteiger partial charge in [0.1, 0.15) is 17.3 Å². The summed E-state index contributed by atoms with van der Waals surface area (Å²) in [7, 11) is 1.59. The van der Waals surface area contributed by atoms with Gasteiger partial charge >= 0.3 is 0 Å². The van der Waals surface area contributed by atoms with E-state index in [-0.39, 0.29) is 5.91 Å². The predicted molar refractivity (Wildman–Crippen MR) is 76.2 cm³/mol. The van der Waals surface area contributed by atoms with E-state index in [4.69, 9.17) is 9.15 Å². The second-order valence-corrected chi connectivity index (χ2v) is 4.27. The van der Waals surface area contributed by atoms with Crippen LogP contribution in [0.4, 0.5) is 0 Å². The van der Waals surface area contributed by atoms with Gasteiger partial charge in [0.2, 0.25) is 0 Å². The van der Waals surface area contributed by atoms with Crippen LogP contribution in [0.25, 0.3) is 0 Å². The van der Waals surface area contributed by atoms with Crippen molar-refractivity contribution < 1.29 is 13.9 Å². The summed E-state index contributed by atoms with van der Waals surface area (Å²) in [6.45, 7) is 3.54. The van der Waals surface area contributed by atoms with Crippen LogP contribution in [0.15, 0.2) is 39.9 Å². The van der Waals surface area contributed by atoms with E-state index in [0.717, 1.165) is 5.56 Å². The molecule has 0 radical (unpaired) electrons. The molecule has 1 aromatic heterocycles. The van der Waals surface area contributed by atoms with Gasteiger partial charge in [-0.15, -0.1) is 0 Å². The van der Waals surface area contributed by atoms with Crippen molar-refractivity contribution in [1.29, 1.82) is 0 Å². The third-order valence-electron chi connectivity index (χ3n) is 2.79. The van der Waals surface area contributed by atoms with Crippen LogP contribution in [-0.2, 0) is 0 Å². The fourth-order valence-corrected chi connectivity index (χ4v) is 1.85. The second kappa shape index (κ2) is 6.06. The average Bonchev–Trinajstić information content (AvgIpc) is 2.78. The van der Waals surface area contributed by atoms with Crippen LogP contribution in [0.1, 0.15) is 27.4 Å². The van der Waals surface area contributed by atoms with E-state index in [1.807, 2.05) is 24.3 Å². The lowest BCUT2D eigenvalue weighted by atomic mass is 10.2. The summed E-state index contributed by atoms with van der Waals surface area (Å²) in [5.74, 6) is 1.67. The molecule has 0 unspecified atom stereocenters. The van der Waals surface area contributed by atoms with Crippen molar-refractivity contribution in [2.24, 2.45) is 5.10 Å². The van der Waals surface area contributed by atoms with E-state index in [1.54, 1.807) is 33.2 Å². The first-order valence-corrected chi connectivity index (χ1v) is 6.15. The van der Waals surface area contributed by atoms with E-state index in [2.05, 4.69) is 10.5 Å². The SMILES string of the molecule is COc1ccccc1/C=N/NC(=O)c1cc(C)oc1C. The van der Waals surface area contributed by atoms with Gasteiger partial charge < -0.3 is 9.15 Å². The highest BCUT2D eigenvalue weighted by Gasteiger charge is 2.12. The number of aryl methyl sites for hydroxylation is 2. The molecular weight excluding hydrogens is 256 g/mol. The van der Waals surface area contributed by atoms with E-state index in [9.17, 15) is 4.79 Å². The molecule has 0 aliphatic heterocycles. The number of rotatable bonds is 4. The number of hydrogen-bond acceptors (Lipinski definition) is 4. The summed E-state index contributed by atoms with van der Waals surface area (Å²) in [4.78, 5) is 11.9. The number of methoxy groups -OCH3 is 1. The molecule has 104 valence electrons. The van der Waals surface area contributed by atoms with Gasteiger partial charge in [-0.25, -0.2) is 5.43 Å². The molecular formula is C15H16N2O3. The smallest absolute Gasteiger partial charge is 0.274 e. The lowest BCUT2D eigenvalue weighted by Crippen LogP contribution is -2.17. The maximum Gasteiger partial charge on any atom is 0.274 e. The summed E-state index contributed by atoms with van der Waals surface area (Å²) < 4.78 is 10.5. The quantitative estimate of drug-likeness (QED) is 0.687. The van der Waals surface area contributed by atoms with Crippen LogP contribution in [-0.4, -0.2) is 19.2 Å². The standard InChI is InChI=1S/C15H16N2O3/c1-10-8-13(11(2)20-10)15(18)17-16-9-12-6-4-5-7-14(12)19-3/h4-9H,1-3H3,(H,17,18)/b16-9+. The lowest BCUT2D eigenvalue weighted by Gasteiger charge is -2.03. The summed E-state index contributed by atoms with van der Waals surface area (Å²) >= 11 is 0. The number of amides is 1. The molecule has 1 amide bonds. The van der Waals surface area contributed by atoms with Crippen LogP contribution < -0.4 is 10.2 Å². The Hall–Kier alpha value is -2.56. The second-order valence-electron chi connectivity index (χ2n) is 4.27. The van der Waals surface area contributed by atoms with Gasteiger partial charge in [-0.3, -0.25) is 4.79 Å². The molecule has 0 bridgehead atoms. The molecule has 0 aliphatic carbocycles. The zero-order valence-corrected chi connectivity index (χ0v) is 11.6. The lowest BCUT2D eigenvalue weighted by molar-refractivity contribution is 0.0953. The number of furan rings is 1. The average molecular weight is 272 g/mol. The number of carbonyl (C=O) groups is 1. The molecule has 1 heterocycles. The van der Waals surface area contributed by atoms with Gasteiger partial charge in [-0.2, -0.15) is 5.10 Å². The molecule has 0 saturated carbocycles. The van der Waals surface area contributed by atoms with Crippen molar-refractivity contribution in [3.8, 4) is 5.75 Å². The van der Waals surface area contributed by atoms with Crippen LogP contribution in [0.3, 0.4) is 0 Å². The number of carbonyl (C=O) groups excluding carboxylic acids is 1. The van der Waals surface area contributed by atoms with Crippen LogP contribution >= 0.6 is 0 Å². The Morgan fingerprint density at radius 1 is 1.35 bits per heavy atom. The zero-order valence-electron chi connectivity index (χ0n) is 11.6. The zero-order chi connectivity index (χ0) is 14.5. The molecule has 1 aromatic carbocycles. The number of nitrogens with zero attached hydrogens (tertiary/aromatic N) is 1. The van der Waals surface area contributed by atoms with Gasteiger partial charge in [-0.1, -0.05) is 12.1 Å². The maximum absolute atomic E-state index is 11.9. The molecule has 5 nitrogen and oxygen atoms in total. The third-order valence-corrected chi connectivity index (χ3v) is 2.79. The Kier molecular flexibility index (Phi) is 4.20. The van der Waals surface area contributed by atoms with Gasteiger partial charge in [0, 0.05) is 5.56 Å². The number of hydrazone groups is 1. The first-order valence-electron chi connectivity index (χ1n) is 6.15. The minimum atomic E-state index is -0.300. The molecule has 0 spiro atoms. The van der Waals surface area contributed by atoms with E-state index in [0.29, 0.717) is 22.8 Å². The Labute approximate surface area is 117 Å². The highest BCUT2D eigenvalue weighted by Crippen LogP contribution is 2.15. The summed E-state index contributed by atoms with van der Waals surface area (Å²) in [5, 5.41) is 3.93. The number of para-hydroxylation sites is 1. The fraction of sp³-hybridized carbons (Fsp3) is 0.200. The Bertz CT molecular complexity index is 644. The van der Waals surface area contributed by atoms with Crippen molar-refractivity contribution in [3.63, 3.8) is 0 Å². The topological polar surface area (TPSA) is 63.8 Å². The predicted octanol–water partition coefficient (Wildman–Crippen LogP) is 2.67. The molecule has 0 saturated heterocycles. The van der Waals surface area contributed by atoms with Gasteiger partial charge in [0.15, 0.2) is 0 Å². The maximum atomic E-state index is 11.9. The number of hydrogen-bond donors (Lipinski definition) is 1. The molecule has 0 aliphatic rings. The summed E-state index contributed by atoms with van der Waals surface area (Å²) in [6.07, 6.45) is 1.54. The number of ether oxygens (including phenoxy) is 1. The summed E-state index contributed by atoms with van der Waals surface area (Å²) in [5.41, 5.74) is 3.74. The van der Waals surface area contributed by atoms with E-state index < -0.39 is 0 Å². The first kappa shape index (κ1) is 13.9. The highest BCUT2D eigenvalue weighted by atomic mass is 16.5. The molecule has 5 heteroatoms. The van der Waals surface area contributed by atoms with Crippen LogP contribution in [0.2, 0.25) is 0 Å². The minimum absolute atomic E-state index is 0.300. The van der Waals surface area contributed by atoms with Gasteiger partial charge in [-0.05, 0) is 32.0 Å². The fourth-order valence-electron chi connectivity index (χ4n) is 1.85. The Morgan fingerprint density at radius 2 is 2.10 bits per heavy atom. The van der Waals surface area contributed by atoms with Crippen molar-refractivity contribution in [2.75, 3.05) is 7.11 Å². The molecule has 2 aromatic rings. The van der Waals surface area contributed by atoms with Gasteiger partial charge in [0.25, 0.3) is 5.91 Å². The normalized spacial score (nSPS) is 10.8. The molecule has 0 atom stereocenters. The highest BCUT2D eigenvalue weighted by molar-refractivity contribution is 5.96. The monoisotopic (exact) mass is 272 g/mol. The van der Waals surface area contributed by atoms with E-state index >= 15 is 0 Å². The molecule has 0 fully saturated rings. The molecule has 2 rings (SSSR count). The van der Waals surface area contributed by atoms with Crippen LogP contribution in [0, 0.1) is 13.8 Å². The van der Waals surface area contributed by atoms with Crippen molar-refractivity contribution in [2.45, 2.75) is 13.8 Å². The summed E-state index contributed by atoms with van der Waals surface area (Å²) in [6, 6.07) is 9.10. The molecule has 1 N–H and O–H groups in total. The molecule has 20 heavy (non-hydrogen) atoms. The first-order chi connectivity index (χ1) is 9.61. The van der Waals surface area contributed by atoms with Crippen molar-refractivity contribution in [1.82, 2.24) is 5.43 Å². The number of nitrogens with one attached hydrogen (secondary N) is 1. The minimum Gasteiger partial charge on any atom is -0.496 e. The van der Waals surface area contributed by atoms with Crippen LogP contribution in [0.5, 0.6) is 5.75 Å². The number of benzene rings is 1.